The molecule has 0 aromatic carbocycles. The van der Waals surface area contributed by atoms with Crippen LogP contribution in [-0.2, 0) is 19.0 Å². The number of carbonyl (C=O) groups excluding carboxylic acids is 1. The van der Waals surface area contributed by atoms with E-state index in [-0.39, 0.29) is 30.4 Å². The third kappa shape index (κ3) is 13.8. The zero-order chi connectivity index (χ0) is 33.3. The normalized spacial score (nSPS) is 29.1. The fourth-order valence-corrected chi connectivity index (χ4v) is 7.33. The van der Waals surface area contributed by atoms with Crippen LogP contribution in [-0.4, -0.2) is 92.5 Å². The molecule has 2 fully saturated rings. The minimum atomic E-state index is -0.760. The molecule has 268 valence electrons. The number of hydrogen-bond acceptors (Lipinski definition) is 9. The predicted molar refractivity (Wildman–Crippen MR) is 178 cm³/mol. The summed E-state index contributed by atoms with van der Waals surface area (Å²) >= 11 is 0. The van der Waals surface area contributed by atoms with E-state index in [1.165, 1.54) is 32.1 Å². The molecule has 9 heteroatoms. The number of aliphatic hydroxyl groups is 5. The highest BCUT2D eigenvalue weighted by molar-refractivity contribution is 5.90. The number of unbranched alkanes of at least 4 members (excludes halogenated alkanes) is 11. The lowest BCUT2D eigenvalue weighted by molar-refractivity contribution is -0.139. The maximum absolute atomic E-state index is 11.6. The molecule has 9 nitrogen and oxygen atoms in total. The van der Waals surface area contributed by atoms with Crippen LogP contribution in [0.15, 0.2) is 11.6 Å². The average molecular weight is 655 g/mol. The molecule has 3 rings (SSSR count). The summed E-state index contributed by atoms with van der Waals surface area (Å²) in [6, 6.07) is 0. The molecule has 0 bridgehead atoms. The third-order valence-corrected chi connectivity index (χ3v) is 10.2. The van der Waals surface area contributed by atoms with Crippen LogP contribution in [0.3, 0.4) is 0 Å². The van der Waals surface area contributed by atoms with E-state index >= 15 is 0 Å². The summed E-state index contributed by atoms with van der Waals surface area (Å²) in [6.45, 7) is 4.01. The summed E-state index contributed by atoms with van der Waals surface area (Å²) in [7, 11) is 0. The van der Waals surface area contributed by atoms with E-state index in [2.05, 4.69) is 6.92 Å². The van der Waals surface area contributed by atoms with Gasteiger partial charge in [-0.15, -0.1) is 0 Å². The molecule has 2 saturated heterocycles. The van der Waals surface area contributed by atoms with Crippen molar-refractivity contribution in [2.45, 2.75) is 216 Å². The van der Waals surface area contributed by atoms with Crippen molar-refractivity contribution in [2.75, 3.05) is 0 Å². The molecule has 0 radical (unpaired) electrons. The molecule has 3 aliphatic rings. The lowest BCUT2D eigenvalue weighted by Crippen LogP contribution is -2.35. The van der Waals surface area contributed by atoms with Gasteiger partial charge in [-0.2, -0.15) is 0 Å². The van der Waals surface area contributed by atoms with Crippen molar-refractivity contribution in [3.8, 4) is 0 Å². The first kappa shape index (κ1) is 39.4. The summed E-state index contributed by atoms with van der Waals surface area (Å²) in [6.07, 6.45) is 17.0. The summed E-state index contributed by atoms with van der Waals surface area (Å²) in [5.41, 5.74) is 0.843. The van der Waals surface area contributed by atoms with Crippen molar-refractivity contribution in [1.29, 1.82) is 0 Å². The van der Waals surface area contributed by atoms with Crippen LogP contribution in [0.25, 0.3) is 0 Å². The Morgan fingerprint density at radius 2 is 1.30 bits per heavy atom. The topological polar surface area (TPSA) is 146 Å². The second kappa shape index (κ2) is 21.8. The Hall–Kier alpha value is -1.07. The zero-order valence-corrected chi connectivity index (χ0v) is 28.8. The molecule has 0 aliphatic carbocycles. The Labute approximate surface area is 278 Å². The quantitative estimate of drug-likeness (QED) is 0.0609. The van der Waals surface area contributed by atoms with Crippen LogP contribution in [0.1, 0.15) is 155 Å². The highest BCUT2D eigenvalue weighted by Crippen LogP contribution is 2.35. The molecule has 3 heterocycles. The first-order valence-corrected chi connectivity index (χ1v) is 18.8. The number of cyclic esters (lactones) is 1. The van der Waals surface area contributed by atoms with Crippen molar-refractivity contribution in [2.24, 2.45) is 0 Å². The van der Waals surface area contributed by atoms with Gasteiger partial charge in [-0.1, -0.05) is 84.0 Å². The number of aliphatic hydroxyl groups excluding tert-OH is 5. The smallest absolute Gasteiger partial charge is 0.334 e. The summed E-state index contributed by atoms with van der Waals surface area (Å²) in [5, 5.41) is 52.4. The Morgan fingerprint density at radius 1 is 0.717 bits per heavy atom. The summed E-state index contributed by atoms with van der Waals surface area (Å²) in [5.74, 6) is -0.141. The van der Waals surface area contributed by atoms with Gasteiger partial charge < -0.3 is 39.7 Å². The summed E-state index contributed by atoms with van der Waals surface area (Å²) in [4.78, 5) is 11.6. The van der Waals surface area contributed by atoms with E-state index in [4.69, 9.17) is 14.2 Å². The van der Waals surface area contributed by atoms with Gasteiger partial charge in [0.25, 0.3) is 0 Å². The van der Waals surface area contributed by atoms with Crippen LogP contribution < -0.4 is 0 Å². The molecule has 0 unspecified atom stereocenters. The standard InChI is InChI=1S/C37H66O9/c1-3-4-13-18-28(38)29(39)20-16-21-30(40)33-22-23-34(45-33)35-25-32(42)36(46-35)31(41)19-15-12-10-8-6-5-7-9-11-14-17-27-24-26(2)44-37(27)43/h24,26,28-36,38-42H,3-23,25H2,1-2H3/t26-,28+,29-,30+,31-,32-,33-,34+,35-,36+/m1/s1. The monoisotopic (exact) mass is 654 g/mol. The van der Waals surface area contributed by atoms with Crippen molar-refractivity contribution < 1.29 is 44.5 Å². The van der Waals surface area contributed by atoms with Crippen molar-refractivity contribution in [3.05, 3.63) is 11.6 Å². The second-order valence-electron chi connectivity index (χ2n) is 14.3. The SMILES string of the molecule is CCCCC[C@H](O)[C@H](O)CCC[C@H](O)[C@H]1CC[C@@H]([C@H]2C[C@@H](O)[C@H]([C@H](O)CCCCCCCCCCCCC3=C[C@@H](C)OC3=O)O2)O1. The summed E-state index contributed by atoms with van der Waals surface area (Å²) < 4.78 is 17.4. The van der Waals surface area contributed by atoms with E-state index in [1.807, 2.05) is 13.0 Å². The third-order valence-electron chi connectivity index (χ3n) is 10.2. The molecule has 5 N–H and O–H groups in total. The van der Waals surface area contributed by atoms with E-state index < -0.39 is 36.6 Å². The van der Waals surface area contributed by atoms with Gasteiger partial charge in [0.2, 0.25) is 0 Å². The van der Waals surface area contributed by atoms with Gasteiger partial charge in [0.05, 0.1) is 48.8 Å². The maximum atomic E-state index is 11.6. The minimum Gasteiger partial charge on any atom is -0.455 e. The van der Waals surface area contributed by atoms with Crippen molar-refractivity contribution in [1.82, 2.24) is 0 Å². The second-order valence-corrected chi connectivity index (χ2v) is 14.3. The van der Waals surface area contributed by atoms with Crippen molar-refractivity contribution in [3.63, 3.8) is 0 Å². The number of carbonyl (C=O) groups is 1. The molecular weight excluding hydrogens is 588 g/mol. The fraction of sp³-hybridized carbons (Fsp3) is 0.919. The number of hydrogen-bond donors (Lipinski definition) is 5. The minimum absolute atomic E-state index is 0.0701. The number of ether oxygens (including phenoxy) is 3. The molecule has 10 atom stereocenters. The molecule has 0 aromatic rings. The van der Waals surface area contributed by atoms with Crippen LogP contribution >= 0.6 is 0 Å². The molecule has 46 heavy (non-hydrogen) atoms. The van der Waals surface area contributed by atoms with E-state index in [9.17, 15) is 30.3 Å². The Balaban J connectivity index is 1.18. The molecular formula is C37H66O9. The molecule has 3 aliphatic heterocycles. The van der Waals surface area contributed by atoms with Gasteiger partial charge in [-0.05, 0) is 70.8 Å². The van der Waals surface area contributed by atoms with Crippen LogP contribution in [0.4, 0.5) is 0 Å². The van der Waals surface area contributed by atoms with E-state index in [0.29, 0.717) is 44.9 Å². The lowest BCUT2D eigenvalue weighted by Gasteiger charge is -2.24. The molecule has 0 spiro atoms. The van der Waals surface area contributed by atoms with Gasteiger partial charge in [0.1, 0.15) is 12.2 Å². The number of esters is 1. The molecule has 0 saturated carbocycles. The first-order valence-electron chi connectivity index (χ1n) is 18.8. The maximum Gasteiger partial charge on any atom is 0.334 e. The first-order chi connectivity index (χ1) is 22.2. The number of rotatable bonds is 25. The highest BCUT2D eigenvalue weighted by atomic mass is 16.6. The van der Waals surface area contributed by atoms with E-state index in [0.717, 1.165) is 69.8 Å². The highest BCUT2D eigenvalue weighted by Gasteiger charge is 2.45. The van der Waals surface area contributed by atoms with Gasteiger partial charge in [0.15, 0.2) is 0 Å². The van der Waals surface area contributed by atoms with Crippen LogP contribution in [0.2, 0.25) is 0 Å². The average Bonchev–Trinajstić information content (AvgIpc) is 3.75. The Morgan fingerprint density at radius 3 is 1.93 bits per heavy atom. The van der Waals surface area contributed by atoms with E-state index in [1.54, 1.807) is 0 Å². The predicted octanol–water partition coefficient (Wildman–Crippen LogP) is 5.80. The van der Waals surface area contributed by atoms with Crippen LogP contribution in [0.5, 0.6) is 0 Å². The zero-order valence-electron chi connectivity index (χ0n) is 28.8. The largest absolute Gasteiger partial charge is 0.455 e. The van der Waals surface area contributed by atoms with Gasteiger partial charge in [-0.25, -0.2) is 4.79 Å². The van der Waals surface area contributed by atoms with Gasteiger partial charge in [-0.3, -0.25) is 0 Å². The van der Waals surface area contributed by atoms with Gasteiger partial charge >= 0.3 is 5.97 Å². The van der Waals surface area contributed by atoms with Crippen LogP contribution in [0, 0.1) is 0 Å². The fourth-order valence-electron chi connectivity index (χ4n) is 7.33. The van der Waals surface area contributed by atoms with Crippen molar-refractivity contribution >= 4 is 5.97 Å². The Kier molecular flexibility index (Phi) is 18.7. The molecule has 0 aromatic heterocycles. The Bertz CT molecular complexity index is 866. The molecule has 0 amide bonds. The lowest BCUT2D eigenvalue weighted by atomic mass is 9.98. The van der Waals surface area contributed by atoms with Gasteiger partial charge in [0, 0.05) is 12.0 Å².